The van der Waals surface area contributed by atoms with Crippen LogP contribution in [0.15, 0.2) is 0 Å². The predicted octanol–water partition coefficient (Wildman–Crippen LogP) is 2.34. The molecule has 1 saturated carbocycles. The van der Waals surface area contributed by atoms with E-state index < -0.39 is 6.43 Å². The van der Waals surface area contributed by atoms with Gasteiger partial charge in [-0.3, -0.25) is 4.90 Å². The van der Waals surface area contributed by atoms with Crippen molar-refractivity contribution in [2.75, 3.05) is 19.0 Å². The molecule has 1 aliphatic rings. The number of rotatable bonds is 5. The number of alkyl halides is 3. The lowest BCUT2D eigenvalue weighted by Crippen LogP contribution is -2.43. The molecule has 0 aromatic carbocycles. The van der Waals surface area contributed by atoms with Gasteiger partial charge in [0.1, 0.15) is 0 Å². The zero-order chi connectivity index (χ0) is 8.97. The Bertz CT molecular complexity index is 128. The second kappa shape index (κ2) is 4.97. The zero-order valence-electron chi connectivity index (χ0n) is 6.98. The second-order valence-electron chi connectivity index (χ2n) is 3.16. The van der Waals surface area contributed by atoms with E-state index in [0.29, 0.717) is 18.5 Å². The minimum atomic E-state index is -2.23. The largest absolute Gasteiger partial charge is 0.294 e. The van der Waals surface area contributed by atoms with E-state index in [1.54, 1.807) is 4.90 Å². The van der Waals surface area contributed by atoms with E-state index in [9.17, 15) is 8.78 Å². The Morgan fingerprint density at radius 3 is 2.42 bits per heavy atom. The molecule has 1 rings (SSSR count). The molecule has 12 heavy (non-hydrogen) atoms. The molecule has 0 aromatic rings. The maximum Gasteiger partial charge on any atom is 0.251 e. The van der Waals surface area contributed by atoms with Crippen molar-refractivity contribution in [2.24, 2.45) is 0 Å². The fourth-order valence-corrected chi connectivity index (χ4v) is 1.68. The third kappa shape index (κ3) is 2.87. The van der Waals surface area contributed by atoms with Crippen molar-refractivity contribution in [1.29, 1.82) is 0 Å². The third-order valence-corrected chi connectivity index (χ3v) is 2.50. The molecule has 0 N–H and O–H groups in total. The first-order valence-corrected chi connectivity index (χ1v) is 4.85. The summed E-state index contributed by atoms with van der Waals surface area (Å²) in [4.78, 5) is 1.81. The molecule has 72 valence electrons. The number of nitrogens with zero attached hydrogens (tertiary/aromatic N) is 1. The highest BCUT2D eigenvalue weighted by atomic mass is 35.5. The standard InChI is InChI=1S/C8H14ClF2N/c9-4-5-12(6-8(10)11)7-2-1-3-7/h7-8H,1-6H2. The first kappa shape index (κ1) is 10.2. The van der Waals surface area contributed by atoms with Gasteiger partial charge in [-0.25, -0.2) is 8.78 Å². The van der Waals surface area contributed by atoms with Crippen molar-refractivity contribution in [3.8, 4) is 0 Å². The van der Waals surface area contributed by atoms with Gasteiger partial charge in [-0.1, -0.05) is 6.42 Å². The molecule has 0 heterocycles. The molecule has 1 fully saturated rings. The van der Waals surface area contributed by atoms with E-state index >= 15 is 0 Å². The molecule has 0 spiro atoms. The summed E-state index contributed by atoms with van der Waals surface area (Å²) in [5.74, 6) is 0.448. The van der Waals surface area contributed by atoms with E-state index in [1.807, 2.05) is 0 Å². The van der Waals surface area contributed by atoms with Gasteiger partial charge in [-0.05, 0) is 12.8 Å². The second-order valence-corrected chi connectivity index (χ2v) is 3.54. The first-order valence-electron chi connectivity index (χ1n) is 4.32. The summed E-state index contributed by atoms with van der Waals surface area (Å²) in [7, 11) is 0. The van der Waals surface area contributed by atoms with Crippen molar-refractivity contribution in [3.05, 3.63) is 0 Å². The van der Waals surface area contributed by atoms with Crippen LogP contribution in [0.4, 0.5) is 8.78 Å². The van der Waals surface area contributed by atoms with Crippen LogP contribution in [-0.4, -0.2) is 36.3 Å². The summed E-state index contributed by atoms with van der Waals surface area (Å²) >= 11 is 5.52. The molecule has 0 unspecified atom stereocenters. The Morgan fingerprint density at radius 2 is 2.08 bits per heavy atom. The molecule has 1 nitrogen and oxygen atoms in total. The van der Waals surface area contributed by atoms with Crippen LogP contribution in [0.1, 0.15) is 19.3 Å². The maximum absolute atomic E-state index is 12.0. The molecule has 4 heteroatoms. The highest BCUT2D eigenvalue weighted by Gasteiger charge is 2.26. The molecular weight excluding hydrogens is 184 g/mol. The Kier molecular flexibility index (Phi) is 4.22. The summed E-state index contributed by atoms with van der Waals surface area (Å²) in [6.45, 7) is 0.480. The Morgan fingerprint density at radius 1 is 1.42 bits per heavy atom. The number of hydrogen-bond donors (Lipinski definition) is 0. The minimum absolute atomic E-state index is 0.114. The molecule has 0 amide bonds. The Balaban J connectivity index is 2.26. The van der Waals surface area contributed by atoms with Crippen LogP contribution in [0.3, 0.4) is 0 Å². The van der Waals surface area contributed by atoms with Gasteiger partial charge >= 0.3 is 0 Å². The van der Waals surface area contributed by atoms with Gasteiger partial charge in [-0.15, -0.1) is 11.6 Å². The normalized spacial score (nSPS) is 18.8. The van der Waals surface area contributed by atoms with E-state index in [-0.39, 0.29) is 6.54 Å². The molecule has 0 aromatic heterocycles. The molecule has 0 aliphatic heterocycles. The summed E-state index contributed by atoms with van der Waals surface area (Å²) in [6, 6.07) is 0.373. The Hall–Kier alpha value is 0.110. The maximum atomic E-state index is 12.0. The van der Waals surface area contributed by atoms with E-state index in [1.165, 1.54) is 6.42 Å². The average molecular weight is 198 g/mol. The number of hydrogen-bond acceptors (Lipinski definition) is 1. The van der Waals surface area contributed by atoms with Crippen LogP contribution in [-0.2, 0) is 0 Å². The van der Waals surface area contributed by atoms with Gasteiger partial charge in [0.2, 0.25) is 0 Å². The topological polar surface area (TPSA) is 3.24 Å². The van der Waals surface area contributed by atoms with Gasteiger partial charge in [-0.2, -0.15) is 0 Å². The Labute approximate surface area is 76.7 Å². The van der Waals surface area contributed by atoms with Gasteiger partial charge in [0.15, 0.2) is 0 Å². The SMILES string of the molecule is FC(F)CN(CCCl)C1CCC1. The van der Waals surface area contributed by atoms with Crippen LogP contribution >= 0.6 is 11.6 Å². The smallest absolute Gasteiger partial charge is 0.251 e. The average Bonchev–Trinajstić information content (AvgIpc) is 1.81. The fourth-order valence-electron chi connectivity index (χ4n) is 1.46. The van der Waals surface area contributed by atoms with Gasteiger partial charge in [0.05, 0.1) is 6.54 Å². The van der Waals surface area contributed by atoms with Gasteiger partial charge in [0.25, 0.3) is 6.43 Å². The molecule has 0 saturated heterocycles. The van der Waals surface area contributed by atoms with Crippen molar-refractivity contribution >= 4 is 11.6 Å². The van der Waals surface area contributed by atoms with Crippen molar-refractivity contribution < 1.29 is 8.78 Å². The molecule has 0 radical (unpaired) electrons. The minimum Gasteiger partial charge on any atom is -0.294 e. The highest BCUT2D eigenvalue weighted by Crippen LogP contribution is 2.25. The molecule has 0 atom stereocenters. The number of halogens is 3. The quantitative estimate of drug-likeness (QED) is 0.612. The lowest BCUT2D eigenvalue weighted by molar-refractivity contribution is 0.0459. The molecular formula is C8H14ClF2N. The summed E-state index contributed by atoms with van der Waals surface area (Å²) in [5, 5.41) is 0. The van der Waals surface area contributed by atoms with Crippen molar-refractivity contribution in [2.45, 2.75) is 31.7 Å². The van der Waals surface area contributed by atoms with Crippen molar-refractivity contribution in [3.63, 3.8) is 0 Å². The lowest BCUT2D eigenvalue weighted by Gasteiger charge is -2.36. The van der Waals surface area contributed by atoms with E-state index in [2.05, 4.69) is 0 Å². The van der Waals surface area contributed by atoms with Gasteiger partial charge in [0, 0.05) is 18.5 Å². The van der Waals surface area contributed by atoms with Crippen LogP contribution in [0.5, 0.6) is 0 Å². The zero-order valence-corrected chi connectivity index (χ0v) is 7.73. The predicted molar refractivity (Wildman–Crippen MR) is 45.9 cm³/mol. The van der Waals surface area contributed by atoms with Crippen molar-refractivity contribution in [1.82, 2.24) is 4.90 Å². The van der Waals surface area contributed by atoms with E-state index in [0.717, 1.165) is 12.8 Å². The summed E-state index contributed by atoms with van der Waals surface area (Å²) in [5.41, 5.74) is 0. The van der Waals surface area contributed by atoms with Crippen LogP contribution < -0.4 is 0 Å². The van der Waals surface area contributed by atoms with Crippen LogP contribution in [0, 0.1) is 0 Å². The first-order chi connectivity index (χ1) is 5.74. The van der Waals surface area contributed by atoms with Crippen LogP contribution in [0.2, 0.25) is 0 Å². The lowest BCUT2D eigenvalue weighted by atomic mass is 9.91. The highest BCUT2D eigenvalue weighted by molar-refractivity contribution is 6.18. The fraction of sp³-hybridized carbons (Fsp3) is 1.00. The monoisotopic (exact) mass is 197 g/mol. The molecule has 0 bridgehead atoms. The molecule has 1 aliphatic carbocycles. The van der Waals surface area contributed by atoms with Crippen LogP contribution in [0.25, 0.3) is 0 Å². The summed E-state index contributed by atoms with van der Waals surface area (Å²) in [6.07, 6.45) is 1.06. The van der Waals surface area contributed by atoms with E-state index in [4.69, 9.17) is 11.6 Å². The third-order valence-electron chi connectivity index (χ3n) is 2.34. The summed E-state index contributed by atoms with van der Waals surface area (Å²) < 4.78 is 24.1. The van der Waals surface area contributed by atoms with Gasteiger partial charge < -0.3 is 0 Å².